The van der Waals surface area contributed by atoms with Crippen LogP contribution in [0.25, 0.3) is 10.8 Å². The number of thiol groups is 1. The number of rotatable bonds is 0. The van der Waals surface area contributed by atoms with Crippen LogP contribution in [-0.2, 0) is 22.4 Å². The number of fused-ring (bicyclic) bond motifs is 1. The quantitative estimate of drug-likeness (QED) is 0.419. The summed E-state index contributed by atoms with van der Waals surface area (Å²) < 4.78 is 0. The van der Waals surface area contributed by atoms with E-state index in [0.29, 0.717) is 0 Å². The van der Waals surface area contributed by atoms with Gasteiger partial charge in [0.05, 0.1) is 0 Å². The van der Waals surface area contributed by atoms with Crippen LogP contribution in [-0.4, -0.2) is 0 Å². The van der Waals surface area contributed by atoms with Crippen LogP contribution in [0.2, 0.25) is 0 Å². The van der Waals surface area contributed by atoms with Crippen molar-refractivity contribution in [2.24, 2.45) is 0 Å². The van der Waals surface area contributed by atoms with E-state index in [1.54, 1.807) is 0 Å². The largest absolute Gasteiger partial charge is 1.00 e. The normalized spacial score (nSPS) is 9.42. The molecule has 2 aromatic carbocycles. The number of hydrogen-bond donors (Lipinski definition) is 1. The maximum Gasteiger partial charge on any atom is 1.00 e. The molecule has 0 atom stereocenters. The molecule has 0 bridgehead atoms. The number of hydrogen-bond acceptors (Lipinski definition) is 1. The van der Waals surface area contributed by atoms with Gasteiger partial charge in [-0.25, -0.2) is 0 Å². The summed E-state index contributed by atoms with van der Waals surface area (Å²) in [5.74, 6) is 0. The molecule has 0 aliphatic carbocycles. The molecule has 0 radical (unpaired) electrons. The van der Waals surface area contributed by atoms with Crippen molar-refractivity contribution in [3.63, 3.8) is 0 Å². The molecule has 0 saturated heterocycles. The molecule has 2 heteroatoms. The van der Waals surface area contributed by atoms with Gasteiger partial charge in [0.2, 0.25) is 0 Å². The topological polar surface area (TPSA) is 0 Å². The first-order valence-electron chi connectivity index (χ1n) is 3.46. The van der Waals surface area contributed by atoms with Crippen LogP contribution in [0.4, 0.5) is 0 Å². The third-order valence-corrected chi connectivity index (χ3v) is 1.91. The predicted octanol–water partition coefficient (Wildman–Crippen LogP) is 2.93. The molecule has 2 rings (SSSR count). The van der Waals surface area contributed by atoms with Crippen molar-refractivity contribution in [1.29, 1.82) is 0 Å². The van der Waals surface area contributed by atoms with Gasteiger partial charge in [-0.3, -0.25) is 0 Å². The predicted molar refractivity (Wildman–Crippen MR) is 50.0 cm³/mol. The second-order valence-electron chi connectivity index (χ2n) is 2.43. The Kier molecular flexibility index (Phi) is 3.41. The summed E-state index contributed by atoms with van der Waals surface area (Å²) in [6, 6.07) is 15.3. The molecule has 0 amide bonds. The van der Waals surface area contributed by atoms with Crippen LogP contribution < -0.4 is 0 Å². The number of benzene rings is 2. The Bertz CT molecular complexity index is 384. The van der Waals surface area contributed by atoms with Gasteiger partial charge in [-0.1, -0.05) is 17.0 Å². The summed E-state index contributed by atoms with van der Waals surface area (Å²) in [7, 11) is 0. The molecule has 64 valence electrons. The Hall–Kier alpha value is -0.210. The molecule has 0 spiro atoms. The zero-order valence-electron chi connectivity index (χ0n) is 6.21. The summed E-state index contributed by atoms with van der Waals surface area (Å²) in [5.41, 5.74) is 0. The fourth-order valence-electron chi connectivity index (χ4n) is 1.10. The maximum absolute atomic E-state index is 4.20. The molecule has 0 fully saturated rings. The molecule has 0 heterocycles. The SMILES string of the molecule is Sc1[c-]c2ccccc2cc1.[Au+]. The Morgan fingerprint density at radius 2 is 1.75 bits per heavy atom. The fraction of sp³-hybridized carbons (Fsp3) is 0. The summed E-state index contributed by atoms with van der Waals surface area (Å²) in [6.07, 6.45) is 0. The van der Waals surface area contributed by atoms with Gasteiger partial charge in [0, 0.05) is 0 Å². The second kappa shape index (κ2) is 4.15. The maximum atomic E-state index is 4.20. The van der Waals surface area contributed by atoms with E-state index >= 15 is 0 Å². The first-order valence-corrected chi connectivity index (χ1v) is 3.91. The molecule has 0 aliphatic heterocycles. The van der Waals surface area contributed by atoms with Gasteiger partial charge < -0.3 is 0 Å². The van der Waals surface area contributed by atoms with E-state index in [2.05, 4.69) is 24.8 Å². The van der Waals surface area contributed by atoms with Crippen molar-refractivity contribution in [1.82, 2.24) is 0 Å². The van der Waals surface area contributed by atoms with Gasteiger partial charge in [-0.2, -0.15) is 12.6 Å². The van der Waals surface area contributed by atoms with Crippen LogP contribution >= 0.6 is 12.6 Å². The summed E-state index contributed by atoms with van der Waals surface area (Å²) >= 11 is 4.20. The fourth-order valence-corrected chi connectivity index (χ4v) is 1.30. The van der Waals surface area contributed by atoms with E-state index in [-0.39, 0.29) is 22.4 Å². The Labute approximate surface area is 92.9 Å². The van der Waals surface area contributed by atoms with Gasteiger partial charge in [-0.05, 0) is 0 Å². The summed E-state index contributed by atoms with van der Waals surface area (Å²) in [6.45, 7) is 0. The molecule has 0 saturated carbocycles. The zero-order valence-corrected chi connectivity index (χ0v) is 9.27. The van der Waals surface area contributed by atoms with Gasteiger partial charge in [0.1, 0.15) is 0 Å². The molecular formula is C10H7AuS. The zero-order chi connectivity index (χ0) is 7.68. The molecule has 0 aliphatic rings. The van der Waals surface area contributed by atoms with Crippen molar-refractivity contribution in [3.05, 3.63) is 42.5 Å². The molecule has 2 aromatic rings. The minimum Gasteiger partial charge on any atom is -0.164 e. The van der Waals surface area contributed by atoms with Gasteiger partial charge in [0.25, 0.3) is 0 Å². The van der Waals surface area contributed by atoms with E-state index in [0.717, 1.165) is 10.3 Å². The van der Waals surface area contributed by atoms with Crippen molar-refractivity contribution < 1.29 is 22.4 Å². The van der Waals surface area contributed by atoms with Crippen LogP contribution in [0.5, 0.6) is 0 Å². The smallest absolute Gasteiger partial charge is 0.164 e. The van der Waals surface area contributed by atoms with E-state index < -0.39 is 0 Å². The average molecular weight is 356 g/mol. The second-order valence-corrected chi connectivity index (χ2v) is 2.91. The Morgan fingerprint density at radius 3 is 2.58 bits per heavy atom. The first-order chi connectivity index (χ1) is 5.36. The van der Waals surface area contributed by atoms with Crippen molar-refractivity contribution in [2.45, 2.75) is 4.90 Å². The molecule has 0 nitrogen and oxygen atoms in total. The van der Waals surface area contributed by atoms with Crippen molar-refractivity contribution >= 4 is 23.4 Å². The minimum atomic E-state index is 0. The van der Waals surface area contributed by atoms with Gasteiger partial charge in [-0.15, -0.1) is 41.1 Å². The summed E-state index contributed by atoms with van der Waals surface area (Å²) in [4.78, 5) is 0.892. The first kappa shape index (κ1) is 9.88. The molecular weight excluding hydrogens is 349 g/mol. The van der Waals surface area contributed by atoms with Crippen LogP contribution in [0.3, 0.4) is 0 Å². The summed E-state index contributed by atoms with van der Waals surface area (Å²) in [5, 5.41) is 2.34. The minimum absolute atomic E-state index is 0. The van der Waals surface area contributed by atoms with E-state index in [1.807, 2.05) is 30.3 Å². The molecule has 0 unspecified atom stereocenters. The van der Waals surface area contributed by atoms with Crippen molar-refractivity contribution in [2.75, 3.05) is 0 Å². The molecule has 0 N–H and O–H groups in total. The van der Waals surface area contributed by atoms with Gasteiger partial charge >= 0.3 is 22.4 Å². The van der Waals surface area contributed by atoms with E-state index in [1.165, 1.54) is 5.39 Å². The molecule has 12 heavy (non-hydrogen) atoms. The standard InChI is InChI=1S/C10H7S.Au/c11-10-6-5-8-3-1-2-4-9(8)7-10;/h1-6,11H;/q-1;+1. The van der Waals surface area contributed by atoms with Crippen LogP contribution in [0, 0.1) is 6.07 Å². The van der Waals surface area contributed by atoms with E-state index in [4.69, 9.17) is 0 Å². The van der Waals surface area contributed by atoms with Crippen LogP contribution in [0.15, 0.2) is 41.3 Å². The Balaban J connectivity index is 0.000000720. The van der Waals surface area contributed by atoms with Crippen LogP contribution in [0.1, 0.15) is 0 Å². The molecule has 0 aromatic heterocycles. The van der Waals surface area contributed by atoms with Crippen molar-refractivity contribution in [3.8, 4) is 0 Å². The monoisotopic (exact) mass is 356 g/mol. The van der Waals surface area contributed by atoms with Gasteiger partial charge in [0.15, 0.2) is 0 Å². The third-order valence-electron chi connectivity index (χ3n) is 1.64. The van der Waals surface area contributed by atoms with E-state index in [9.17, 15) is 0 Å². The third kappa shape index (κ3) is 1.93. The average Bonchev–Trinajstić information content (AvgIpc) is 2.04. The Morgan fingerprint density at radius 1 is 1.00 bits per heavy atom.